The molecule has 17 nitrogen and oxygen atoms in total. The number of sulfone groups is 1. The number of halogens is 9. The molecular weight excluding hydrogens is 1530 g/mol. The zero-order valence-corrected chi connectivity index (χ0v) is 65.2. The van der Waals surface area contributed by atoms with E-state index in [1.807, 2.05) is 24.3 Å². The van der Waals surface area contributed by atoms with Crippen LogP contribution in [0.5, 0.6) is 0 Å². The molecule has 0 spiro atoms. The minimum Gasteiger partial charge on any atom is -0.370 e. The fourth-order valence-corrected chi connectivity index (χ4v) is 20.7. The standard InChI is InChI=1S/C22H24F2N2O3S.C21H23ClF2N2O2S.C20H23F2N3O2S.C20H22F2N2O/c23-15-2-6-20(24)19(8-15)22-21(25)9-16(12-29-22)26-10-13-1-3-18(7-14(13)11-26)30(27,28)17-4-5-17;1-29(2,27)19-6-3-12-9-26(10-16(12)20(19)22)14-8-18(25)21(28-11-14)15-7-13(23)4-5-17(15)24;1-28(24,26)16-4-2-12-9-25(10-13(12)6-16)15-8-19(23)20(27-11-15)17-7-14(21)3-5-18(17)22;1-12-2-3-13-9-24(10-14(13)6-12)16-8-19(23)20(25-11-16)17-7-15(21)4-5-18(17)22/h1-3,6-8,16-17,21-22H,4-5,9-12,25H2;3-7,14,18,21H,1,8-11,25H2,2H3;2-7,15,19-20H,1,8-11,23H2,(H2,24,26);2-7,16,19-20H,8-11,23H2,1H3/t16-,21+,22-;14-,18+,21-,29?;15-,19+,20-,28?;16-,19+,20-/m1111/s1. The van der Waals surface area contributed by atoms with Crippen LogP contribution in [0.1, 0.15) is 135 Å². The van der Waals surface area contributed by atoms with Crippen LogP contribution in [0.2, 0.25) is 5.02 Å². The highest BCUT2D eigenvalue weighted by Crippen LogP contribution is 2.43. The average Bonchev–Trinajstić information content (AvgIpc) is 1.62. The van der Waals surface area contributed by atoms with Crippen molar-refractivity contribution in [2.24, 2.45) is 28.1 Å². The van der Waals surface area contributed by atoms with Crippen molar-refractivity contribution >= 4 is 52.4 Å². The molecule has 8 aromatic rings. The molecular formula is C83H92ClF8N9O8S3. The minimum absolute atomic E-state index is 0.0236. The highest BCUT2D eigenvalue weighted by atomic mass is 35.5. The summed E-state index contributed by atoms with van der Waals surface area (Å²) in [5.41, 5.74) is 36.1. The molecule has 112 heavy (non-hydrogen) atoms. The van der Waals surface area contributed by atoms with Crippen LogP contribution in [0, 0.1) is 53.5 Å². The largest absolute Gasteiger partial charge is 0.370 e. The van der Waals surface area contributed by atoms with Crippen LogP contribution in [0.25, 0.3) is 0 Å². The van der Waals surface area contributed by atoms with E-state index in [1.165, 1.54) is 22.8 Å². The summed E-state index contributed by atoms with van der Waals surface area (Å²) >= 11 is 6.53. The Balaban J connectivity index is 0.000000124. The number of ether oxygens (including phenoxy) is 4. The summed E-state index contributed by atoms with van der Waals surface area (Å²) < 4.78 is 183. The summed E-state index contributed by atoms with van der Waals surface area (Å²) in [4.78, 5) is 10.5. The molecule has 8 aliphatic heterocycles. The van der Waals surface area contributed by atoms with Gasteiger partial charge in [-0.15, -0.1) is 0 Å². The third-order valence-corrected chi connectivity index (χ3v) is 28.0. The van der Waals surface area contributed by atoms with E-state index < -0.39 is 118 Å². The van der Waals surface area contributed by atoms with E-state index in [2.05, 4.69) is 56.5 Å². The number of nitrogens with zero attached hydrogens (tertiary/aromatic N) is 4. The van der Waals surface area contributed by atoms with E-state index in [-0.39, 0.29) is 57.7 Å². The lowest BCUT2D eigenvalue weighted by Crippen LogP contribution is -2.47. The first-order valence-corrected chi connectivity index (χ1v) is 43.1. The summed E-state index contributed by atoms with van der Waals surface area (Å²) in [7, 11) is -8.38. The maximum atomic E-state index is 14.1. The van der Waals surface area contributed by atoms with Crippen LogP contribution >= 0.6 is 11.6 Å². The summed E-state index contributed by atoms with van der Waals surface area (Å²) in [5.74, 6) is 3.23. The minimum atomic E-state index is -3.21. The molecule has 29 heteroatoms. The van der Waals surface area contributed by atoms with Gasteiger partial charge in [0.25, 0.3) is 0 Å². The summed E-state index contributed by atoms with van der Waals surface area (Å²) in [6.07, 6.45) is 2.91. The van der Waals surface area contributed by atoms with Crippen molar-refractivity contribution in [1.82, 2.24) is 19.6 Å². The quantitative estimate of drug-likeness (QED) is 0.0563. The lowest BCUT2D eigenvalue weighted by atomic mass is 9.93. The van der Waals surface area contributed by atoms with Gasteiger partial charge in [0.1, 0.15) is 71.0 Å². The summed E-state index contributed by atoms with van der Waals surface area (Å²) in [6.45, 7) is 9.40. The van der Waals surface area contributed by atoms with Gasteiger partial charge in [-0.3, -0.25) is 28.9 Å². The topological polar surface area (TPSA) is 248 Å². The van der Waals surface area contributed by atoms with Crippen molar-refractivity contribution in [3.05, 3.63) is 263 Å². The van der Waals surface area contributed by atoms with Crippen LogP contribution in [-0.2, 0) is 100 Å². The Labute approximate surface area is 653 Å². The number of aryl methyl sites for hydroxylation is 1. The SMILES string of the molecule is C=S(C)(=O)c1ccc2c(c1Cl)CN([C@H]1CO[C@H](c3cc(F)ccc3F)[C@@H](N)C1)C2.C=S(N)(=O)c1ccc2c(c1)CN([C@H]1CO[C@H](c3cc(F)ccc3F)[C@@H](N)C1)C2.Cc1ccc2c(c1)CN([C@H]1CO[C@H](c3cc(F)ccc3F)[C@@H](N)C1)C2.N[C@H]1C[C@@H](N2Cc3ccc(S(=O)(=O)C4CC4)cc3C2)CO[C@@H]1c1cc(F)ccc1F. The van der Waals surface area contributed by atoms with Crippen molar-refractivity contribution in [1.29, 1.82) is 0 Å². The predicted octanol–water partition coefficient (Wildman–Crippen LogP) is 12.1. The van der Waals surface area contributed by atoms with E-state index in [1.54, 1.807) is 30.5 Å². The molecule has 0 bridgehead atoms. The van der Waals surface area contributed by atoms with Crippen molar-refractivity contribution in [2.45, 2.75) is 190 Å². The van der Waals surface area contributed by atoms with Crippen LogP contribution < -0.4 is 28.1 Å². The van der Waals surface area contributed by atoms with Gasteiger partial charge in [0, 0.05) is 139 Å². The molecule has 17 rings (SSSR count). The monoisotopic (exact) mass is 1630 g/mol. The van der Waals surface area contributed by atoms with E-state index >= 15 is 0 Å². The van der Waals surface area contributed by atoms with Crippen molar-refractivity contribution in [3.8, 4) is 0 Å². The zero-order valence-electron chi connectivity index (χ0n) is 62.0. The molecule has 14 atom stereocenters. The Hall–Kier alpha value is -7.04. The molecule has 598 valence electrons. The van der Waals surface area contributed by atoms with Gasteiger partial charge in [-0.25, -0.2) is 47.8 Å². The van der Waals surface area contributed by atoms with Crippen LogP contribution in [0.3, 0.4) is 0 Å². The number of fused-ring (bicyclic) bond motifs is 4. The second-order valence-corrected chi connectivity index (χ2v) is 38.1. The number of rotatable bonds is 12. The van der Waals surface area contributed by atoms with Gasteiger partial charge in [-0.05, 0) is 214 Å². The molecule has 8 aromatic carbocycles. The van der Waals surface area contributed by atoms with E-state index in [9.17, 15) is 52.0 Å². The first-order chi connectivity index (χ1) is 53.2. The highest BCUT2D eigenvalue weighted by molar-refractivity contribution is 7.99. The molecule has 4 saturated heterocycles. The van der Waals surface area contributed by atoms with E-state index in [4.69, 9.17) is 58.6 Å². The molecule has 0 aromatic heterocycles. The van der Waals surface area contributed by atoms with Crippen molar-refractivity contribution in [3.63, 3.8) is 0 Å². The Morgan fingerprint density at radius 2 is 0.714 bits per heavy atom. The van der Waals surface area contributed by atoms with Crippen molar-refractivity contribution in [2.75, 3.05) is 32.7 Å². The summed E-state index contributed by atoms with van der Waals surface area (Å²) in [6, 6.07) is 33.2. The Bertz CT molecular complexity index is 5230. The van der Waals surface area contributed by atoms with Gasteiger partial charge in [0.15, 0.2) is 9.84 Å². The molecule has 9 aliphatic rings. The third-order valence-electron chi connectivity index (χ3n) is 22.9. The zero-order chi connectivity index (χ0) is 79.6. The maximum Gasteiger partial charge on any atom is 0.181 e. The molecule has 0 radical (unpaired) electrons. The first kappa shape index (κ1) is 81.5. The highest BCUT2D eigenvalue weighted by Gasteiger charge is 2.43. The predicted molar refractivity (Wildman–Crippen MR) is 416 cm³/mol. The maximum absolute atomic E-state index is 14.1. The smallest absolute Gasteiger partial charge is 0.181 e. The molecule has 2 unspecified atom stereocenters. The molecule has 1 aliphatic carbocycles. The fraction of sp³-hybridized carbons (Fsp3) is 0.398. The Morgan fingerprint density at radius 1 is 0.402 bits per heavy atom. The van der Waals surface area contributed by atoms with Gasteiger partial charge in [-0.2, -0.15) is 0 Å². The van der Waals surface area contributed by atoms with E-state index in [0.29, 0.717) is 105 Å². The average molecular weight is 1630 g/mol. The van der Waals surface area contributed by atoms with Gasteiger partial charge < -0.3 is 41.9 Å². The number of hydrogen-bond acceptors (Lipinski definition) is 16. The van der Waals surface area contributed by atoms with Gasteiger partial charge in [-0.1, -0.05) is 53.6 Å². The van der Waals surface area contributed by atoms with Crippen LogP contribution in [-0.4, -0.2) is 134 Å². The van der Waals surface area contributed by atoms with Crippen LogP contribution in [0.15, 0.2) is 154 Å². The summed E-state index contributed by atoms with van der Waals surface area (Å²) in [5, 5.41) is 5.93. The third kappa shape index (κ3) is 18.0. The normalized spacial score (nSPS) is 27.0. The fourth-order valence-electron chi connectivity index (χ4n) is 16.7. The first-order valence-electron chi connectivity index (χ1n) is 37.3. The molecule has 5 fully saturated rings. The lowest BCUT2D eigenvalue weighted by Gasteiger charge is -2.38. The van der Waals surface area contributed by atoms with Crippen LogP contribution in [0.4, 0.5) is 35.1 Å². The second-order valence-electron chi connectivity index (χ2n) is 31.1. The van der Waals surface area contributed by atoms with Gasteiger partial charge in [0.2, 0.25) is 0 Å². The van der Waals surface area contributed by atoms with Gasteiger partial charge in [0.05, 0.1) is 51.3 Å². The number of benzene rings is 8. The van der Waals surface area contributed by atoms with Gasteiger partial charge >= 0.3 is 0 Å². The Kier molecular flexibility index (Phi) is 24.2. The van der Waals surface area contributed by atoms with Crippen molar-refractivity contribution < 1.29 is 70.9 Å². The second kappa shape index (κ2) is 33.3. The molecule has 10 N–H and O–H groups in total. The lowest BCUT2D eigenvalue weighted by molar-refractivity contribution is -0.0531. The molecule has 0 amide bonds. The molecule has 1 saturated carbocycles. The molecule has 8 heterocycles. The number of nitrogens with two attached hydrogens (primary N) is 5. The van der Waals surface area contributed by atoms with E-state index in [0.717, 1.165) is 133 Å². The Morgan fingerprint density at radius 3 is 1.06 bits per heavy atom. The number of hydrogen-bond donors (Lipinski definition) is 5.